The first-order chi connectivity index (χ1) is 23.2. The number of hydrogen-bond acceptors (Lipinski definition) is 1. The van der Waals surface area contributed by atoms with Gasteiger partial charge in [-0.15, -0.1) is 6.42 Å². The maximum absolute atomic E-state index is 5.77. The predicted octanol–water partition coefficient (Wildman–Crippen LogP) is 11.5. The zero-order valence-electron chi connectivity index (χ0n) is 25.6. The molecule has 0 unspecified atom stereocenters. The van der Waals surface area contributed by atoms with Gasteiger partial charge in [-0.3, -0.25) is 4.57 Å². The number of hydrogen-bond donors (Lipinski definition) is 0. The lowest BCUT2D eigenvalue weighted by Crippen LogP contribution is -1.97. The van der Waals surface area contributed by atoms with Gasteiger partial charge in [0.25, 0.3) is 0 Å². The van der Waals surface area contributed by atoms with Crippen LogP contribution in [0.15, 0.2) is 164 Å². The van der Waals surface area contributed by atoms with Crippen molar-refractivity contribution in [2.75, 3.05) is 0 Å². The second-order valence-electron chi connectivity index (χ2n) is 12.0. The van der Waals surface area contributed by atoms with Crippen molar-refractivity contribution in [1.29, 1.82) is 0 Å². The van der Waals surface area contributed by atoms with Gasteiger partial charge in [0.1, 0.15) is 5.82 Å². The molecule has 0 spiro atoms. The molecule has 8 aromatic carbocycles. The molecule has 0 atom stereocenters. The van der Waals surface area contributed by atoms with E-state index in [-0.39, 0.29) is 0 Å². The van der Waals surface area contributed by atoms with Gasteiger partial charge in [-0.25, -0.2) is 4.98 Å². The Labute approximate surface area is 273 Å². The van der Waals surface area contributed by atoms with Gasteiger partial charge < -0.3 is 0 Å². The van der Waals surface area contributed by atoms with Crippen LogP contribution in [0.1, 0.15) is 5.56 Å². The summed E-state index contributed by atoms with van der Waals surface area (Å²) in [6.45, 7) is 0. The fourth-order valence-corrected chi connectivity index (χ4v) is 7.03. The molecule has 0 saturated carbocycles. The first-order valence-electron chi connectivity index (χ1n) is 15.8. The van der Waals surface area contributed by atoms with Crippen LogP contribution in [0.4, 0.5) is 0 Å². The Morgan fingerprint density at radius 2 is 1.23 bits per heavy atom. The first kappa shape index (κ1) is 26.9. The molecule has 0 radical (unpaired) electrons. The molecule has 1 heterocycles. The summed E-state index contributed by atoms with van der Waals surface area (Å²) in [5.74, 6) is 3.65. The summed E-state index contributed by atoms with van der Waals surface area (Å²) in [6.07, 6.45) is 5.77. The minimum atomic E-state index is 0.819. The summed E-state index contributed by atoms with van der Waals surface area (Å²) in [7, 11) is 0. The van der Waals surface area contributed by atoms with Gasteiger partial charge in [0, 0.05) is 16.8 Å². The molecular weight excluding hydrogens is 569 g/mol. The lowest BCUT2D eigenvalue weighted by atomic mass is 9.88. The summed E-state index contributed by atoms with van der Waals surface area (Å²) in [5, 5.41) is 7.39. The van der Waals surface area contributed by atoms with Crippen molar-refractivity contribution in [3.8, 4) is 51.7 Å². The number of aromatic nitrogens is 2. The highest BCUT2D eigenvalue weighted by molar-refractivity contribution is 6.16. The SMILES string of the molecule is C#Cc1ccc2c(c1)nc(-c1cccc(-c3c4ccccc4cc4c(-c5ccc6ccccc6c5)cccc34)c1)n2-c1ccccc1. The average molecular weight is 597 g/mol. The molecule has 0 amide bonds. The minimum Gasteiger partial charge on any atom is -0.292 e. The first-order valence-corrected chi connectivity index (χ1v) is 15.8. The summed E-state index contributed by atoms with van der Waals surface area (Å²) >= 11 is 0. The molecule has 1 aromatic heterocycles. The van der Waals surface area contributed by atoms with Crippen molar-refractivity contribution in [2.45, 2.75) is 0 Å². The van der Waals surface area contributed by atoms with Crippen LogP contribution in [-0.4, -0.2) is 9.55 Å². The van der Waals surface area contributed by atoms with Crippen LogP contribution in [0.2, 0.25) is 0 Å². The maximum Gasteiger partial charge on any atom is 0.145 e. The van der Waals surface area contributed by atoms with Crippen LogP contribution in [0, 0.1) is 12.3 Å². The third kappa shape index (κ3) is 4.49. The van der Waals surface area contributed by atoms with Crippen molar-refractivity contribution in [1.82, 2.24) is 9.55 Å². The Morgan fingerprint density at radius 3 is 2.11 bits per heavy atom. The molecule has 0 N–H and O–H groups in total. The zero-order valence-corrected chi connectivity index (χ0v) is 25.6. The van der Waals surface area contributed by atoms with Gasteiger partial charge in [-0.05, 0) is 103 Å². The zero-order chi connectivity index (χ0) is 31.3. The minimum absolute atomic E-state index is 0.819. The molecule has 0 fully saturated rings. The van der Waals surface area contributed by atoms with Crippen molar-refractivity contribution in [3.63, 3.8) is 0 Å². The van der Waals surface area contributed by atoms with Crippen LogP contribution < -0.4 is 0 Å². The number of fused-ring (bicyclic) bond motifs is 4. The second kappa shape index (κ2) is 10.9. The molecule has 0 aliphatic heterocycles. The number of rotatable bonds is 4. The fourth-order valence-electron chi connectivity index (χ4n) is 7.03. The number of nitrogens with zero attached hydrogens (tertiary/aromatic N) is 2. The topological polar surface area (TPSA) is 17.8 Å². The van der Waals surface area contributed by atoms with E-state index in [9.17, 15) is 0 Å². The van der Waals surface area contributed by atoms with E-state index in [1.807, 2.05) is 18.2 Å². The lowest BCUT2D eigenvalue weighted by molar-refractivity contribution is 1.10. The quantitative estimate of drug-likeness (QED) is 0.146. The van der Waals surface area contributed by atoms with Gasteiger partial charge >= 0.3 is 0 Å². The van der Waals surface area contributed by atoms with Crippen LogP contribution in [0.5, 0.6) is 0 Å². The van der Waals surface area contributed by atoms with E-state index in [1.54, 1.807) is 0 Å². The molecule has 9 aromatic rings. The highest BCUT2D eigenvalue weighted by Crippen LogP contribution is 2.42. The molecule has 9 rings (SSSR count). The Bertz CT molecular complexity index is 2690. The molecule has 0 aliphatic rings. The van der Waals surface area contributed by atoms with Gasteiger partial charge in [-0.1, -0.05) is 121 Å². The second-order valence-corrected chi connectivity index (χ2v) is 12.0. The van der Waals surface area contributed by atoms with E-state index >= 15 is 0 Å². The van der Waals surface area contributed by atoms with Crippen LogP contribution >= 0.6 is 0 Å². The number of benzene rings is 8. The van der Waals surface area contributed by atoms with Gasteiger partial charge in [0.15, 0.2) is 0 Å². The normalized spacial score (nSPS) is 11.4. The molecule has 2 nitrogen and oxygen atoms in total. The van der Waals surface area contributed by atoms with Crippen molar-refractivity contribution < 1.29 is 0 Å². The third-order valence-corrected chi connectivity index (χ3v) is 9.21. The lowest BCUT2D eigenvalue weighted by Gasteiger charge is -2.16. The Balaban J connectivity index is 1.29. The van der Waals surface area contributed by atoms with Crippen molar-refractivity contribution >= 4 is 43.4 Å². The predicted molar refractivity (Wildman–Crippen MR) is 198 cm³/mol. The van der Waals surface area contributed by atoms with E-state index in [4.69, 9.17) is 11.4 Å². The van der Waals surface area contributed by atoms with E-state index in [0.29, 0.717) is 0 Å². The monoisotopic (exact) mass is 596 g/mol. The van der Waals surface area contributed by atoms with Crippen LogP contribution in [-0.2, 0) is 0 Å². The smallest absolute Gasteiger partial charge is 0.145 e. The molecule has 0 saturated heterocycles. The number of para-hydroxylation sites is 1. The molecule has 218 valence electrons. The number of terminal acetylenes is 1. The average Bonchev–Trinajstić information content (AvgIpc) is 3.53. The Morgan fingerprint density at radius 1 is 0.489 bits per heavy atom. The number of imidazole rings is 1. The highest BCUT2D eigenvalue weighted by atomic mass is 15.1. The maximum atomic E-state index is 5.77. The van der Waals surface area contributed by atoms with E-state index in [1.165, 1.54) is 49.0 Å². The van der Waals surface area contributed by atoms with Gasteiger partial charge in [-0.2, -0.15) is 0 Å². The fraction of sp³-hybridized carbons (Fsp3) is 0. The van der Waals surface area contributed by atoms with Gasteiger partial charge in [0.05, 0.1) is 11.0 Å². The van der Waals surface area contributed by atoms with Crippen LogP contribution in [0.25, 0.3) is 82.7 Å². The van der Waals surface area contributed by atoms with E-state index in [2.05, 4.69) is 156 Å². The molecule has 47 heavy (non-hydrogen) atoms. The van der Waals surface area contributed by atoms with Crippen molar-refractivity contribution in [2.24, 2.45) is 0 Å². The summed E-state index contributed by atoms with van der Waals surface area (Å²) in [5.41, 5.74) is 9.62. The molecule has 0 bridgehead atoms. The standard InChI is InChI=1S/C45H28N2/c1-2-30-22-25-43-42(26-30)46-45(47(43)37-17-4-3-5-18-37)36-16-10-15-35(28-36)44-39-19-9-8-14-33(39)29-41-38(20-11-21-40(41)44)34-24-23-31-12-6-7-13-32(31)27-34/h1,3-29H. The largest absolute Gasteiger partial charge is 0.292 e. The Hall–Kier alpha value is -6.43. The van der Waals surface area contributed by atoms with Gasteiger partial charge in [0.2, 0.25) is 0 Å². The summed E-state index contributed by atoms with van der Waals surface area (Å²) in [4.78, 5) is 5.17. The molecule has 0 aliphatic carbocycles. The van der Waals surface area contributed by atoms with E-state index in [0.717, 1.165) is 39.2 Å². The third-order valence-electron chi connectivity index (χ3n) is 9.21. The Kier molecular flexibility index (Phi) is 6.23. The summed E-state index contributed by atoms with van der Waals surface area (Å²) < 4.78 is 2.23. The molecule has 2 heteroatoms. The highest BCUT2D eigenvalue weighted by Gasteiger charge is 2.18. The van der Waals surface area contributed by atoms with E-state index < -0.39 is 0 Å². The molecular formula is C45H28N2. The van der Waals surface area contributed by atoms with Crippen LogP contribution in [0.3, 0.4) is 0 Å². The summed E-state index contributed by atoms with van der Waals surface area (Å²) in [6, 6.07) is 58.3. The van der Waals surface area contributed by atoms with Crippen molar-refractivity contribution in [3.05, 3.63) is 169 Å².